The summed E-state index contributed by atoms with van der Waals surface area (Å²) < 4.78 is 69.9. The van der Waals surface area contributed by atoms with E-state index in [0.29, 0.717) is 25.3 Å². The molecule has 37 heavy (non-hydrogen) atoms. The summed E-state index contributed by atoms with van der Waals surface area (Å²) in [6.07, 6.45) is 6.84. The average Bonchev–Trinajstić information content (AvgIpc) is 3.21. The zero-order chi connectivity index (χ0) is 26.1. The van der Waals surface area contributed by atoms with Crippen LogP contribution in [0.3, 0.4) is 0 Å². The van der Waals surface area contributed by atoms with Crippen molar-refractivity contribution in [3.05, 3.63) is 53.5 Å². The van der Waals surface area contributed by atoms with Gasteiger partial charge in [0.2, 0.25) is 10.0 Å². The Morgan fingerprint density at radius 3 is 2.41 bits per heavy atom. The lowest BCUT2D eigenvalue weighted by molar-refractivity contribution is -0.137. The molecule has 5 heterocycles. The van der Waals surface area contributed by atoms with E-state index in [4.69, 9.17) is 4.74 Å². The molecule has 11 heteroatoms. The van der Waals surface area contributed by atoms with Gasteiger partial charge < -0.3 is 9.64 Å². The fraction of sp³-hybridized carbons (Fsp3) is 0.538. The van der Waals surface area contributed by atoms with Gasteiger partial charge in [0.05, 0.1) is 23.7 Å². The fourth-order valence-corrected chi connectivity index (χ4v) is 7.28. The summed E-state index contributed by atoms with van der Waals surface area (Å²) in [6.45, 7) is 2.37. The van der Waals surface area contributed by atoms with Gasteiger partial charge in [-0.05, 0) is 61.3 Å². The molecule has 1 saturated carbocycles. The summed E-state index contributed by atoms with van der Waals surface area (Å²) in [5.41, 5.74) is 2.37. The Hall–Kier alpha value is -2.66. The largest absolute Gasteiger partial charge is 0.485 e. The number of hydrogen-bond donors (Lipinski definition) is 0. The highest BCUT2D eigenvalue weighted by Gasteiger charge is 2.59. The van der Waals surface area contributed by atoms with E-state index in [0.717, 1.165) is 80.0 Å². The van der Waals surface area contributed by atoms with Crippen LogP contribution in [0.2, 0.25) is 0 Å². The molecule has 0 unspecified atom stereocenters. The van der Waals surface area contributed by atoms with Gasteiger partial charge in [-0.25, -0.2) is 13.4 Å². The minimum Gasteiger partial charge on any atom is -0.485 e. The topological polar surface area (TPSA) is 75.6 Å². The second-order valence-electron chi connectivity index (χ2n) is 11.0. The number of ether oxygens (including phenoxy) is 1. The normalized spacial score (nSPS) is 22.9. The van der Waals surface area contributed by atoms with Crippen molar-refractivity contribution in [1.29, 1.82) is 0 Å². The van der Waals surface area contributed by atoms with Gasteiger partial charge in [-0.15, -0.1) is 0 Å². The van der Waals surface area contributed by atoms with Crippen LogP contribution >= 0.6 is 0 Å². The molecule has 4 aliphatic rings. The molecule has 0 radical (unpaired) electrons. The number of pyridine rings is 2. The third-order valence-electron chi connectivity index (χ3n) is 8.37. The molecule has 3 aliphatic heterocycles. The monoisotopic (exact) mass is 534 g/mol. The molecule has 6 rings (SSSR count). The first-order valence-electron chi connectivity index (χ1n) is 12.5. The van der Waals surface area contributed by atoms with Crippen LogP contribution in [0.5, 0.6) is 5.75 Å². The molecule has 2 aromatic rings. The van der Waals surface area contributed by atoms with E-state index in [9.17, 15) is 21.6 Å². The lowest BCUT2D eigenvalue weighted by Gasteiger charge is -2.57. The Kier molecular flexibility index (Phi) is 5.61. The molecule has 1 aliphatic carbocycles. The Labute approximate surface area is 214 Å². The third kappa shape index (κ3) is 4.60. The standard InChI is InChI=1S/C26H29F3N4O3S/c1-37(34,35)33-8-4-18(5-9-33)21-12-19-13-25(36-22(19)15-30-21)16-24(17-25)6-10-32(11-7-24)23-3-2-20(14-31-23)26(27,28)29/h2-4,12,14-15H,5-11,13,16-17H2,1H3. The highest BCUT2D eigenvalue weighted by atomic mass is 32.2. The van der Waals surface area contributed by atoms with E-state index < -0.39 is 21.8 Å². The van der Waals surface area contributed by atoms with Gasteiger partial charge in [0, 0.05) is 44.4 Å². The highest BCUT2D eigenvalue weighted by Crippen LogP contribution is 2.60. The summed E-state index contributed by atoms with van der Waals surface area (Å²) in [5, 5.41) is 0. The first kappa shape index (κ1) is 24.7. The molecule has 2 aromatic heterocycles. The van der Waals surface area contributed by atoms with Crippen LogP contribution in [0.15, 0.2) is 36.7 Å². The number of alkyl halides is 3. The SMILES string of the molecule is CS(=O)(=O)N1CC=C(c2cc3c(cn2)OC2(C3)CC3(CCN(c4ccc(C(F)(F)F)cn4)CC3)C2)CC1. The van der Waals surface area contributed by atoms with E-state index in [2.05, 4.69) is 20.9 Å². The summed E-state index contributed by atoms with van der Waals surface area (Å²) in [4.78, 5) is 10.7. The van der Waals surface area contributed by atoms with Crippen LogP contribution in [-0.2, 0) is 22.6 Å². The number of piperidine rings is 1. The predicted octanol–water partition coefficient (Wildman–Crippen LogP) is 4.30. The van der Waals surface area contributed by atoms with Crippen molar-refractivity contribution in [3.63, 3.8) is 0 Å². The van der Waals surface area contributed by atoms with Crippen molar-refractivity contribution in [2.45, 2.75) is 50.3 Å². The van der Waals surface area contributed by atoms with E-state index in [1.807, 2.05) is 6.08 Å². The molecule has 2 fully saturated rings. The van der Waals surface area contributed by atoms with E-state index >= 15 is 0 Å². The zero-order valence-corrected chi connectivity index (χ0v) is 21.4. The minimum absolute atomic E-state index is 0.196. The molecule has 7 nitrogen and oxygen atoms in total. The summed E-state index contributed by atoms with van der Waals surface area (Å²) >= 11 is 0. The van der Waals surface area contributed by atoms with Gasteiger partial charge in [-0.3, -0.25) is 4.98 Å². The van der Waals surface area contributed by atoms with Crippen LogP contribution < -0.4 is 9.64 Å². The van der Waals surface area contributed by atoms with Crippen molar-refractivity contribution in [2.75, 3.05) is 37.3 Å². The number of fused-ring (bicyclic) bond motifs is 1. The van der Waals surface area contributed by atoms with Crippen LogP contribution in [0, 0.1) is 5.41 Å². The van der Waals surface area contributed by atoms with Gasteiger partial charge in [0.15, 0.2) is 0 Å². The van der Waals surface area contributed by atoms with Crippen LogP contribution in [0.4, 0.5) is 19.0 Å². The molecule has 198 valence electrons. The number of nitrogens with zero attached hydrogens (tertiary/aromatic N) is 4. The van der Waals surface area contributed by atoms with Crippen molar-refractivity contribution in [1.82, 2.24) is 14.3 Å². The lowest BCUT2D eigenvalue weighted by Crippen LogP contribution is -2.58. The van der Waals surface area contributed by atoms with Gasteiger partial charge in [0.1, 0.15) is 17.2 Å². The van der Waals surface area contributed by atoms with E-state index in [1.54, 1.807) is 6.20 Å². The Morgan fingerprint density at radius 1 is 1.05 bits per heavy atom. The number of hydrogen-bond acceptors (Lipinski definition) is 6. The number of anilines is 1. The maximum atomic E-state index is 12.8. The van der Waals surface area contributed by atoms with Gasteiger partial charge in [-0.1, -0.05) is 6.08 Å². The Bertz CT molecular complexity index is 1340. The zero-order valence-electron chi connectivity index (χ0n) is 20.6. The second kappa shape index (κ2) is 8.42. The van der Waals surface area contributed by atoms with Crippen molar-refractivity contribution >= 4 is 21.4 Å². The number of rotatable bonds is 3. The third-order valence-corrected chi connectivity index (χ3v) is 9.64. The minimum atomic E-state index is -4.38. The molecular formula is C26H29F3N4O3S. The van der Waals surface area contributed by atoms with Crippen LogP contribution in [0.25, 0.3) is 5.57 Å². The van der Waals surface area contributed by atoms with Crippen molar-refractivity contribution < 1.29 is 26.3 Å². The number of aromatic nitrogens is 2. The molecule has 1 saturated heterocycles. The summed E-state index contributed by atoms with van der Waals surface area (Å²) in [7, 11) is -3.19. The molecular weight excluding hydrogens is 505 g/mol. The van der Waals surface area contributed by atoms with Crippen LogP contribution in [-0.4, -0.2) is 60.7 Å². The van der Waals surface area contributed by atoms with Crippen molar-refractivity contribution in [3.8, 4) is 5.75 Å². The quantitative estimate of drug-likeness (QED) is 0.585. The molecule has 0 aromatic carbocycles. The Morgan fingerprint density at radius 2 is 1.81 bits per heavy atom. The maximum Gasteiger partial charge on any atom is 0.417 e. The number of sulfonamides is 1. The average molecular weight is 535 g/mol. The molecule has 0 bridgehead atoms. The smallest absolute Gasteiger partial charge is 0.417 e. The predicted molar refractivity (Wildman–Crippen MR) is 133 cm³/mol. The summed E-state index contributed by atoms with van der Waals surface area (Å²) in [6, 6.07) is 4.66. The summed E-state index contributed by atoms with van der Waals surface area (Å²) in [5.74, 6) is 1.43. The van der Waals surface area contributed by atoms with Crippen LogP contribution in [0.1, 0.15) is 48.9 Å². The highest BCUT2D eigenvalue weighted by molar-refractivity contribution is 7.88. The Balaban J connectivity index is 1.07. The second-order valence-corrected chi connectivity index (χ2v) is 13.0. The number of halogens is 3. The van der Waals surface area contributed by atoms with Gasteiger partial charge >= 0.3 is 6.18 Å². The first-order valence-corrected chi connectivity index (χ1v) is 14.4. The van der Waals surface area contributed by atoms with E-state index in [-0.39, 0.29) is 11.0 Å². The van der Waals surface area contributed by atoms with Gasteiger partial charge in [-0.2, -0.15) is 17.5 Å². The lowest BCUT2D eigenvalue weighted by atomic mass is 9.54. The molecule has 2 spiro atoms. The molecule has 0 amide bonds. The van der Waals surface area contributed by atoms with Gasteiger partial charge in [0.25, 0.3) is 0 Å². The first-order chi connectivity index (χ1) is 17.4. The molecule has 0 atom stereocenters. The van der Waals surface area contributed by atoms with Crippen molar-refractivity contribution in [2.24, 2.45) is 5.41 Å². The molecule has 0 N–H and O–H groups in total. The van der Waals surface area contributed by atoms with E-state index in [1.165, 1.54) is 16.6 Å². The maximum absolute atomic E-state index is 12.8. The fourth-order valence-electron chi connectivity index (χ4n) is 6.51.